The number of rotatable bonds is 3. The predicted molar refractivity (Wildman–Crippen MR) is 44.5 cm³/mol. The van der Waals surface area contributed by atoms with Crippen molar-refractivity contribution in [1.82, 2.24) is 0 Å². The quantitative estimate of drug-likeness (QED) is 0.539. The van der Waals surface area contributed by atoms with Crippen LogP contribution in [-0.4, -0.2) is 22.0 Å². The van der Waals surface area contributed by atoms with Gasteiger partial charge in [-0.3, -0.25) is 4.79 Å². The molecule has 0 aliphatic rings. The van der Waals surface area contributed by atoms with E-state index in [0.717, 1.165) is 0 Å². The molecule has 0 atom stereocenters. The van der Waals surface area contributed by atoms with Gasteiger partial charge in [0.05, 0.1) is 0 Å². The van der Waals surface area contributed by atoms with Gasteiger partial charge >= 0.3 is 5.97 Å². The van der Waals surface area contributed by atoms with Crippen molar-refractivity contribution < 1.29 is 19.8 Å². The van der Waals surface area contributed by atoms with E-state index in [1.807, 2.05) is 0 Å². The van der Waals surface area contributed by atoms with Crippen LogP contribution in [0.5, 0.6) is 5.75 Å². The van der Waals surface area contributed by atoms with Gasteiger partial charge in [0.2, 0.25) is 5.78 Å². The lowest BCUT2D eigenvalue weighted by molar-refractivity contribution is -0.148. The molecular weight excluding hydrogens is 181 g/mol. The molecule has 0 spiro atoms. The maximum atomic E-state index is 10.7. The molecule has 2 N–H and O–H groups in total. The number of carbonyl (C=O) groups is 2. The molecule has 4 nitrogen and oxygen atoms in total. The standard InChI is InChI=1S/C9H8O4/c10-7-3-1-6(2-4-7)5-8(11)9(12)13/h1-4,10H,5H2,(H,12,13)/i1+1,2+1,3+1,4+1,5+1,6+1,7+1,8+1,9+1. The highest BCUT2D eigenvalue weighted by Crippen LogP contribution is 2.10. The fourth-order valence-corrected chi connectivity index (χ4v) is 0.875. The van der Waals surface area contributed by atoms with E-state index in [-0.39, 0.29) is 12.2 Å². The van der Waals surface area contributed by atoms with E-state index >= 15 is 0 Å². The summed E-state index contributed by atoms with van der Waals surface area (Å²) in [6.45, 7) is 0. The highest BCUT2D eigenvalue weighted by atomic mass is 16.5. The Balaban J connectivity index is 2.70. The summed E-state index contributed by atoms with van der Waals surface area (Å²) in [5.41, 5.74) is 0.574. The second kappa shape index (κ2) is 3.71. The smallest absolute Gasteiger partial charge is 0.372 e. The summed E-state index contributed by atoms with van der Waals surface area (Å²) in [6, 6.07) is 5.83. The van der Waals surface area contributed by atoms with Gasteiger partial charge in [0.15, 0.2) is 0 Å². The Morgan fingerprint density at radius 1 is 1.15 bits per heavy atom. The number of carboxylic acids is 1. The van der Waals surface area contributed by atoms with Crippen LogP contribution in [-0.2, 0) is 16.0 Å². The highest BCUT2D eigenvalue weighted by Gasteiger charge is 2.11. The maximum absolute atomic E-state index is 10.7. The third-order valence-electron chi connectivity index (χ3n) is 1.54. The Morgan fingerprint density at radius 2 is 1.69 bits per heavy atom. The van der Waals surface area contributed by atoms with E-state index in [1.165, 1.54) is 24.3 Å². The van der Waals surface area contributed by atoms with Crippen molar-refractivity contribution in [2.24, 2.45) is 0 Å². The molecule has 1 rings (SSSR count). The molecule has 1 aromatic rings. The molecule has 0 fully saturated rings. The number of phenolic OH excluding ortho intramolecular Hbond substituents is 1. The molecule has 0 unspecified atom stereocenters. The van der Waals surface area contributed by atoms with Gasteiger partial charge in [0.25, 0.3) is 0 Å². The summed E-state index contributed by atoms with van der Waals surface area (Å²) in [5, 5.41) is 17.2. The first-order valence-electron chi connectivity index (χ1n) is 3.63. The second-order valence-electron chi connectivity index (χ2n) is 2.57. The van der Waals surface area contributed by atoms with Crippen LogP contribution in [0.4, 0.5) is 0 Å². The Bertz CT molecular complexity index is 326. The Hall–Kier alpha value is -1.84. The second-order valence-corrected chi connectivity index (χ2v) is 2.57. The SMILES string of the molecule is O=[13C](O)[13C](=O)[13CH2][13c]1[13cH][13cH][13c](O)[13cH][13cH]1. The zero-order valence-corrected chi connectivity index (χ0v) is 6.73. The zero-order valence-electron chi connectivity index (χ0n) is 6.73. The molecule has 0 bridgehead atoms. The maximum Gasteiger partial charge on any atom is 0.372 e. The molecule has 0 radical (unpaired) electrons. The summed E-state index contributed by atoms with van der Waals surface area (Å²) in [4.78, 5) is 20.9. The van der Waals surface area contributed by atoms with Crippen molar-refractivity contribution >= 4 is 11.8 Å². The molecule has 0 aliphatic heterocycles. The Kier molecular flexibility index (Phi) is 2.64. The van der Waals surface area contributed by atoms with Crippen molar-refractivity contribution in [1.29, 1.82) is 0 Å². The van der Waals surface area contributed by atoms with Gasteiger partial charge in [0.1, 0.15) is 5.75 Å². The predicted octanol–water partition coefficient (Wildman–Crippen LogP) is 0.588. The van der Waals surface area contributed by atoms with Crippen molar-refractivity contribution in [2.45, 2.75) is 6.42 Å². The van der Waals surface area contributed by atoms with Crippen LogP contribution in [0.3, 0.4) is 0 Å². The first-order chi connectivity index (χ1) is 6.09. The fraction of sp³-hybridized carbons (Fsp3) is 0.111. The molecule has 68 valence electrons. The molecule has 0 saturated carbocycles. The van der Waals surface area contributed by atoms with Gasteiger partial charge in [-0.15, -0.1) is 0 Å². The Morgan fingerprint density at radius 3 is 2.15 bits per heavy atom. The molecule has 0 aliphatic carbocycles. The number of benzene rings is 1. The fourth-order valence-electron chi connectivity index (χ4n) is 0.875. The number of Topliss-reactive ketones (excluding diaryl/α,β-unsaturated/α-hetero) is 1. The first kappa shape index (κ1) is 9.25. The molecular formula is C9H8O4. The topological polar surface area (TPSA) is 74.6 Å². The monoisotopic (exact) mass is 189 g/mol. The summed E-state index contributed by atoms with van der Waals surface area (Å²) in [5.74, 6) is -2.20. The van der Waals surface area contributed by atoms with Crippen LogP contribution >= 0.6 is 0 Å². The molecule has 0 heterocycles. The van der Waals surface area contributed by atoms with E-state index < -0.39 is 11.8 Å². The van der Waals surface area contributed by atoms with Crippen LogP contribution in [0.2, 0.25) is 0 Å². The zero-order chi connectivity index (χ0) is 9.84. The van der Waals surface area contributed by atoms with E-state index in [2.05, 4.69) is 0 Å². The average Bonchev–Trinajstić information content (AvgIpc) is 2.08. The minimum atomic E-state index is -1.44. The van der Waals surface area contributed by atoms with Crippen molar-refractivity contribution in [2.75, 3.05) is 0 Å². The van der Waals surface area contributed by atoms with Crippen molar-refractivity contribution in [3.8, 4) is 5.75 Å². The van der Waals surface area contributed by atoms with E-state index in [9.17, 15) is 9.59 Å². The van der Waals surface area contributed by atoms with Gasteiger partial charge in [-0.05, 0) is 17.7 Å². The van der Waals surface area contributed by atoms with E-state index in [0.29, 0.717) is 5.56 Å². The van der Waals surface area contributed by atoms with Crippen LogP contribution in [0, 0.1) is 0 Å². The van der Waals surface area contributed by atoms with Crippen molar-refractivity contribution in [3.63, 3.8) is 0 Å². The van der Waals surface area contributed by atoms with Gasteiger partial charge in [-0.1, -0.05) is 12.1 Å². The number of ketones is 1. The largest absolute Gasteiger partial charge is 0.508 e. The van der Waals surface area contributed by atoms with Gasteiger partial charge in [0, 0.05) is 6.42 Å². The van der Waals surface area contributed by atoms with Crippen molar-refractivity contribution in [3.05, 3.63) is 29.8 Å². The minimum Gasteiger partial charge on any atom is -0.508 e. The molecule has 4 heteroatoms. The van der Waals surface area contributed by atoms with Crippen LogP contribution in [0.25, 0.3) is 0 Å². The summed E-state index contributed by atoms with van der Waals surface area (Å²) in [6.07, 6.45) is -0.143. The number of hydrogen-bond donors (Lipinski definition) is 2. The van der Waals surface area contributed by atoms with Gasteiger partial charge in [-0.2, -0.15) is 0 Å². The molecule has 0 saturated heterocycles. The highest BCUT2D eigenvalue weighted by molar-refractivity contribution is 6.33. The number of carboxylic acid groups (broad SMARTS) is 1. The molecule has 0 amide bonds. The lowest BCUT2D eigenvalue weighted by Crippen LogP contribution is -2.14. The number of hydrogen-bond acceptors (Lipinski definition) is 3. The molecule has 13 heavy (non-hydrogen) atoms. The minimum absolute atomic E-state index is 0.0894. The summed E-state index contributed by atoms with van der Waals surface area (Å²) >= 11 is 0. The number of aliphatic carboxylic acids is 1. The number of carbonyl (C=O) groups excluding carboxylic acids is 1. The number of phenols is 1. The number of aromatic hydroxyl groups is 1. The first-order valence-corrected chi connectivity index (χ1v) is 3.63. The molecule has 1 aromatic carbocycles. The summed E-state index contributed by atoms with van der Waals surface area (Å²) in [7, 11) is 0. The van der Waals surface area contributed by atoms with Crippen LogP contribution in [0.15, 0.2) is 24.3 Å². The lowest BCUT2D eigenvalue weighted by Gasteiger charge is -1.97. The van der Waals surface area contributed by atoms with Crippen LogP contribution in [0.1, 0.15) is 5.56 Å². The summed E-state index contributed by atoms with van der Waals surface area (Å²) < 4.78 is 0. The Labute approximate surface area is 74.4 Å². The normalized spacial score (nSPS) is 9.54. The average molecular weight is 189 g/mol. The van der Waals surface area contributed by atoms with Crippen LogP contribution < -0.4 is 0 Å². The molecule has 0 aromatic heterocycles. The lowest BCUT2D eigenvalue weighted by atomic mass is 11.1. The third kappa shape index (κ3) is 2.59. The van der Waals surface area contributed by atoms with Gasteiger partial charge < -0.3 is 10.2 Å². The van der Waals surface area contributed by atoms with Gasteiger partial charge in [-0.25, -0.2) is 4.79 Å². The van der Waals surface area contributed by atoms with E-state index in [1.54, 1.807) is 0 Å². The third-order valence-corrected chi connectivity index (χ3v) is 1.54. The van der Waals surface area contributed by atoms with E-state index in [4.69, 9.17) is 10.2 Å².